The SMILES string of the molecule is COc1c(C=O)cccc1-c1ccc(F)cc1C#N. The van der Waals surface area contributed by atoms with Crippen molar-refractivity contribution in [2.45, 2.75) is 0 Å². The minimum absolute atomic E-state index is 0.196. The third-order valence-corrected chi connectivity index (χ3v) is 2.77. The van der Waals surface area contributed by atoms with E-state index in [-0.39, 0.29) is 5.56 Å². The average Bonchev–Trinajstić information content (AvgIpc) is 2.46. The van der Waals surface area contributed by atoms with Crippen LogP contribution in [-0.2, 0) is 0 Å². The first-order valence-electron chi connectivity index (χ1n) is 5.53. The Hall–Kier alpha value is -2.67. The van der Waals surface area contributed by atoms with Gasteiger partial charge in [0.25, 0.3) is 0 Å². The number of carbonyl (C=O) groups excluding carboxylic acids is 1. The third-order valence-electron chi connectivity index (χ3n) is 2.77. The van der Waals surface area contributed by atoms with Crippen LogP contribution in [0.1, 0.15) is 15.9 Å². The summed E-state index contributed by atoms with van der Waals surface area (Å²) in [5.41, 5.74) is 1.70. The predicted molar refractivity (Wildman–Crippen MR) is 68.5 cm³/mol. The van der Waals surface area contributed by atoms with E-state index in [1.807, 2.05) is 6.07 Å². The van der Waals surface area contributed by atoms with Crippen LogP contribution < -0.4 is 4.74 Å². The number of para-hydroxylation sites is 1. The third kappa shape index (κ3) is 2.31. The molecule has 0 heterocycles. The molecular formula is C15H10FNO2. The lowest BCUT2D eigenvalue weighted by Crippen LogP contribution is -1.95. The van der Waals surface area contributed by atoms with Crippen molar-refractivity contribution in [3.05, 3.63) is 53.3 Å². The summed E-state index contributed by atoms with van der Waals surface area (Å²) in [5, 5.41) is 9.07. The van der Waals surface area contributed by atoms with Crippen LogP contribution in [0.4, 0.5) is 4.39 Å². The molecule has 0 aliphatic carbocycles. The van der Waals surface area contributed by atoms with Gasteiger partial charge in [0.15, 0.2) is 6.29 Å². The number of halogens is 1. The zero-order valence-corrected chi connectivity index (χ0v) is 10.2. The number of ether oxygens (including phenoxy) is 1. The molecule has 0 N–H and O–H groups in total. The van der Waals surface area contributed by atoms with Crippen molar-refractivity contribution in [1.29, 1.82) is 5.26 Å². The van der Waals surface area contributed by atoms with Gasteiger partial charge in [0.1, 0.15) is 11.6 Å². The Labute approximate surface area is 109 Å². The molecule has 2 aromatic rings. The molecule has 0 bridgehead atoms. The standard InChI is InChI=1S/C15H10FNO2/c1-19-15-10(9-18)3-2-4-14(15)13-6-5-12(16)7-11(13)8-17/h2-7,9H,1H3. The van der Waals surface area contributed by atoms with E-state index in [9.17, 15) is 9.18 Å². The highest BCUT2D eigenvalue weighted by atomic mass is 19.1. The molecule has 0 unspecified atom stereocenters. The second kappa shape index (κ2) is 5.32. The van der Waals surface area contributed by atoms with Gasteiger partial charge in [-0.1, -0.05) is 18.2 Å². The second-order valence-electron chi connectivity index (χ2n) is 3.85. The minimum atomic E-state index is -0.481. The maximum atomic E-state index is 13.1. The summed E-state index contributed by atoms with van der Waals surface area (Å²) in [6.45, 7) is 0. The molecule has 0 saturated carbocycles. The number of hydrogen-bond donors (Lipinski definition) is 0. The van der Waals surface area contributed by atoms with E-state index in [1.54, 1.807) is 18.2 Å². The first kappa shape index (κ1) is 12.8. The summed E-state index contributed by atoms with van der Waals surface area (Å²) >= 11 is 0. The highest BCUT2D eigenvalue weighted by Crippen LogP contribution is 2.34. The topological polar surface area (TPSA) is 50.1 Å². The molecule has 0 fully saturated rings. The molecule has 0 saturated heterocycles. The summed E-state index contributed by atoms with van der Waals surface area (Å²) in [6.07, 6.45) is 0.678. The van der Waals surface area contributed by atoms with Crippen molar-refractivity contribution in [3.63, 3.8) is 0 Å². The predicted octanol–water partition coefficient (Wildman–Crippen LogP) is 3.19. The summed E-state index contributed by atoms with van der Waals surface area (Å²) in [4.78, 5) is 11.0. The van der Waals surface area contributed by atoms with Gasteiger partial charge >= 0.3 is 0 Å². The first-order chi connectivity index (χ1) is 9.21. The highest BCUT2D eigenvalue weighted by molar-refractivity contribution is 5.87. The van der Waals surface area contributed by atoms with E-state index in [4.69, 9.17) is 10.00 Å². The van der Waals surface area contributed by atoms with Crippen LogP contribution in [0.25, 0.3) is 11.1 Å². The van der Waals surface area contributed by atoms with Crippen molar-refractivity contribution < 1.29 is 13.9 Å². The van der Waals surface area contributed by atoms with Gasteiger partial charge < -0.3 is 4.74 Å². The van der Waals surface area contributed by atoms with Gasteiger partial charge in [-0.3, -0.25) is 4.79 Å². The van der Waals surface area contributed by atoms with E-state index < -0.39 is 5.82 Å². The molecule has 3 nitrogen and oxygen atoms in total. The Bertz CT molecular complexity index is 674. The van der Waals surface area contributed by atoms with Gasteiger partial charge in [-0.25, -0.2) is 4.39 Å². The number of aldehydes is 1. The Kier molecular flexibility index (Phi) is 3.58. The first-order valence-corrected chi connectivity index (χ1v) is 5.53. The molecule has 0 radical (unpaired) electrons. The summed E-state index contributed by atoms with van der Waals surface area (Å²) in [7, 11) is 1.45. The quantitative estimate of drug-likeness (QED) is 0.791. The van der Waals surface area contributed by atoms with E-state index >= 15 is 0 Å². The van der Waals surface area contributed by atoms with E-state index in [2.05, 4.69) is 0 Å². The van der Waals surface area contributed by atoms with E-state index in [0.29, 0.717) is 28.7 Å². The lowest BCUT2D eigenvalue weighted by molar-refractivity contribution is 0.112. The monoisotopic (exact) mass is 255 g/mol. The van der Waals surface area contributed by atoms with Crippen LogP contribution in [0.5, 0.6) is 5.75 Å². The van der Waals surface area contributed by atoms with Crippen molar-refractivity contribution in [2.24, 2.45) is 0 Å². The molecule has 0 aromatic heterocycles. The molecule has 0 atom stereocenters. The van der Waals surface area contributed by atoms with E-state index in [0.717, 1.165) is 6.07 Å². The molecule has 94 valence electrons. The zero-order chi connectivity index (χ0) is 13.8. The van der Waals surface area contributed by atoms with Crippen molar-refractivity contribution in [3.8, 4) is 22.9 Å². The average molecular weight is 255 g/mol. The largest absolute Gasteiger partial charge is 0.495 e. The fourth-order valence-corrected chi connectivity index (χ4v) is 1.93. The van der Waals surface area contributed by atoms with Gasteiger partial charge in [-0.05, 0) is 18.2 Å². The van der Waals surface area contributed by atoms with Crippen LogP contribution in [-0.4, -0.2) is 13.4 Å². The smallest absolute Gasteiger partial charge is 0.153 e. The second-order valence-corrected chi connectivity index (χ2v) is 3.85. The van der Waals surface area contributed by atoms with Gasteiger partial charge in [-0.15, -0.1) is 0 Å². The molecule has 0 spiro atoms. The Morgan fingerprint density at radius 2 is 2.05 bits per heavy atom. The van der Waals surface area contributed by atoms with Gasteiger partial charge in [0.2, 0.25) is 0 Å². The van der Waals surface area contributed by atoms with Crippen LogP contribution in [0.2, 0.25) is 0 Å². The van der Waals surface area contributed by atoms with Crippen LogP contribution >= 0.6 is 0 Å². The molecule has 0 aliphatic heterocycles. The number of carbonyl (C=O) groups is 1. The van der Waals surface area contributed by atoms with Crippen molar-refractivity contribution in [1.82, 2.24) is 0 Å². The van der Waals surface area contributed by atoms with Crippen LogP contribution in [0, 0.1) is 17.1 Å². The Morgan fingerprint density at radius 3 is 2.68 bits per heavy atom. The van der Waals surface area contributed by atoms with Crippen molar-refractivity contribution >= 4 is 6.29 Å². The number of hydrogen-bond acceptors (Lipinski definition) is 3. The maximum Gasteiger partial charge on any atom is 0.153 e. The molecule has 4 heteroatoms. The minimum Gasteiger partial charge on any atom is -0.495 e. The summed E-state index contributed by atoms with van der Waals surface area (Å²) < 4.78 is 18.4. The molecule has 2 aromatic carbocycles. The zero-order valence-electron chi connectivity index (χ0n) is 10.2. The molecule has 0 amide bonds. The normalized spacial score (nSPS) is 9.74. The Morgan fingerprint density at radius 1 is 1.26 bits per heavy atom. The number of rotatable bonds is 3. The van der Waals surface area contributed by atoms with Crippen LogP contribution in [0.3, 0.4) is 0 Å². The molecular weight excluding hydrogens is 245 g/mol. The lowest BCUT2D eigenvalue weighted by Gasteiger charge is -2.11. The fraction of sp³-hybridized carbons (Fsp3) is 0.0667. The highest BCUT2D eigenvalue weighted by Gasteiger charge is 2.14. The molecule has 19 heavy (non-hydrogen) atoms. The number of benzene rings is 2. The number of methoxy groups -OCH3 is 1. The molecule has 0 aliphatic rings. The maximum absolute atomic E-state index is 13.1. The lowest BCUT2D eigenvalue weighted by atomic mass is 9.97. The van der Waals surface area contributed by atoms with Gasteiger partial charge in [0.05, 0.1) is 24.3 Å². The fourth-order valence-electron chi connectivity index (χ4n) is 1.93. The number of nitriles is 1. The Balaban J connectivity index is 2.72. The van der Waals surface area contributed by atoms with E-state index in [1.165, 1.54) is 19.2 Å². The summed E-state index contributed by atoms with van der Waals surface area (Å²) in [6, 6.07) is 10.9. The summed E-state index contributed by atoms with van der Waals surface area (Å²) in [5.74, 6) is -0.105. The van der Waals surface area contributed by atoms with Gasteiger partial charge in [-0.2, -0.15) is 5.26 Å². The van der Waals surface area contributed by atoms with Gasteiger partial charge in [0, 0.05) is 11.1 Å². The molecule has 2 rings (SSSR count). The number of nitrogens with zero attached hydrogens (tertiary/aromatic N) is 1. The van der Waals surface area contributed by atoms with Crippen LogP contribution in [0.15, 0.2) is 36.4 Å². The van der Waals surface area contributed by atoms with Crippen molar-refractivity contribution in [2.75, 3.05) is 7.11 Å².